The Labute approximate surface area is 165 Å². The summed E-state index contributed by atoms with van der Waals surface area (Å²) < 4.78 is 31.3. The number of aliphatic carboxylic acids is 1. The van der Waals surface area contributed by atoms with Crippen LogP contribution in [0.15, 0.2) is 18.2 Å². The Kier molecular flexibility index (Phi) is 6.99. The molecular weight excluding hydrogens is 397 g/mol. The minimum atomic E-state index is -1.20. The van der Waals surface area contributed by atoms with E-state index in [1.54, 1.807) is 6.07 Å². The number of halogens is 2. The van der Waals surface area contributed by atoms with Crippen molar-refractivity contribution >= 4 is 34.3 Å². The lowest BCUT2D eigenvalue weighted by atomic mass is 10.0. The smallest absolute Gasteiger partial charge is 0.306 e. The number of carboxylic acid groups (broad SMARTS) is 1. The predicted octanol–water partition coefficient (Wildman–Crippen LogP) is 2.77. The summed E-state index contributed by atoms with van der Waals surface area (Å²) in [6, 6.07) is 3.62. The number of carbonyl (C=O) groups is 2. The summed E-state index contributed by atoms with van der Waals surface area (Å²) in [4.78, 5) is 25.2. The van der Waals surface area contributed by atoms with E-state index in [2.05, 4.69) is 0 Å². The number of nitrogens with zero attached hydrogens (tertiary/aromatic N) is 1. The zero-order valence-electron chi connectivity index (χ0n) is 15.4. The first-order chi connectivity index (χ1) is 12.5. The van der Waals surface area contributed by atoms with Gasteiger partial charge in [0.25, 0.3) is 5.91 Å². The van der Waals surface area contributed by atoms with Crippen molar-refractivity contribution in [2.45, 2.75) is 44.1 Å². The Morgan fingerprint density at radius 2 is 2.11 bits per heavy atom. The fraction of sp³-hybridized carbons (Fsp3) is 0.556. The van der Waals surface area contributed by atoms with E-state index in [-0.39, 0.29) is 23.9 Å². The fourth-order valence-corrected chi connectivity index (χ4v) is 3.85. The number of hydrogen-bond donors (Lipinski definition) is 1. The highest BCUT2D eigenvalue weighted by atomic mass is 35.5. The van der Waals surface area contributed by atoms with Crippen LogP contribution in [0.3, 0.4) is 0 Å². The summed E-state index contributed by atoms with van der Waals surface area (Å²) in [5, 5.41) is 8.94. The molecule has 1 aliphatic rings. The van der Waals surface area contributed by atoms with Crippen molar-refractivity contribution in [2.24, 2.45) is 0 Å². The molecule has 0 radical (unpaired) electrons. The first-order valence-electron chi connectivity index (χ1n) is 8.48. The number of morpholine rings is 1. The number of carbonyl (C=O) groups excluding carboxylic acids is 1. The van der Waals surface area contributed by atoms with Crippen LogP contribution in [0.2, 0.25) is 5.02 Å². The van der Waals surface area contributed by atoms with Crippen molar-refractivity contribution in [1.29, 1.82) is 0 Å². The Balaban J connectivity index is 2.27. The monoisotopic (exact) mass is 419 g/mol. The Hall–Kier alpha value is -1.51. The number of carboxylic acids is 1. The van der Waals surface area contributed by atoms with E-state index in [1.165, 1.54) is 17.0 Å². The summed E-state index contributed by atoms with van der Waals surface area (Å²) >= 11 is 5.73. The molecule has 1 amide bonds. The summed E-state index contributed by atoms with van der Waals surface area (Å²) in [6.45, 7) is 5.68. The lowest BCUT2D eigenvalue weighted by Gasteiger charge is -2.39. The Morgan fingerprint density at radius 1 is 1.44 bits per heavy atom. The predicted molar refractivity (Wildman–Crippen MR) is 101 cm³/mol. The minimum absolute atomic E-state index is 0.0207. The van der Waals surface area contributed by atoms with E-state index < -0.39 is 51.8 Å². The van der Waals surface area contributed by atoms with Gasteiger partial charge in [-0.3, -0.25) is 13.8 Å². The van der Waals surface area contributed by atoms with Crippen molar-refractivity contribution in [2.75, 3.05) is 18.9 Å². The molecule has 0 aliphatic carbocycles. The van der Waals surface area contributed by atoms with Crippen molar-refractivity contribution in [1.82, 2.24) is 4.90 Å². The Morgan fingerprint density at radius 3 is 2.67 bits per heavy atom. The summed E-state index contributed by atoms with van der Waals surface area (Å²) in [7, 11) is -1.20. The minimum Gasteiger partial charge on any atom is -0.481 e. The molecular formula is C18H23ClFNO5S. The van der Waals surface area contributed by atoms with E-state index in [0.717, 1.165) is 0 Å². The second kappa shape index (κ2) is 8.67. The SMILES string of the molecule is CC(C)(C)S(=O)CCN1C(=O)C(CC(=O)O)OCC1c1ccc(Cl)c(F)c1. The maximum atomic E-state index is 13.9. The van der Waals surface area contributed by atoms with Gasteiger partial charge in [0.15, 0.2) is 0 Å². The van der Waals surface area contributed by atoms with Crippen molar-refractivity contribution in [3.05, 3.63) is 34.6 Å². The molecule has 1 N–H and O–H groups in total. The van der Waals surface area contributed by atoms with Gasteiger partial charge in [-0.25, -0.2) is 4.39 Å². The van der Waals surface area contributed by atoms with Gasteiger partial charge in [0.2, 0.25) is 0 Å². The zero-order valence-corrected chi connectivity index (χ0v) is 17.0. The highest BCUT2D eigenvalue weighted by Crippen LogP contribution is 2.30. The number of benzene rings is 1. The molecule has 9 heteroatoms. The van der Waals surface area contributed by atoms with Gasteiger partial charge >= 0.3 is 5.97 Å². The Bertz CT molecular complexity index is 752. The topological polar surface area (TPSA) is 83.9 Å². The first kappa shape index (κ1) is 21.8. The second-order valence-electron chi connectivity index (χ2n) is 7.30. The van der Waals surface area contributed by atoms with Gasteiger partial charge in [0.05, 0.1) is 24.1 Å². The molecule has 1 aromatic rings. The third-order valence-corrected chi connectivity index (χ3v) is 6.50. The van der Waals surface area contributed by atoms with Crippen LogP contribution in [-0.2, 0) is 25.1 Å². The largest absolute Gasteiger partial charge is 0.481 e. The van der Waals surface area contributed by atoms with Crippen LogP contribution in [0.25, 0.3) is 0 Å². The molecule has 0 saturated carbocycles. The quantitative estimate of drug-likeness (QED) is 0.766. The number of ether oxygens (including phenoxy) is 1. The van der Waals surface area contributed by atoms with Gasteiger partial charge in [-0.15, -0.1) is 0 Å². The molecule has 2 rings (SSSR count). The van der Waals surface area contributed by atoms with E-state index >= 15 is 0 Å². The van der Waals surface area contributed by atoms with Gasteiger partial charge in [0.1, 0.15) is 11.9 Å². The van der Waals surface area contributed by atoms with Crippen LogP contribution in [0.4, 0.5) is 4.39 Å². The number of hydrogen-bond acceptors (Lipinski definition) is 4. The van der Waals surface area contributed by atoms with Crippen molar-refractivity contribution in [3.8, 4) is 0 Å². The highest BCUT2D eigenvalue weighted by molar-refractivity contribution is 7.86. The molecule has 3 unspecified atom stereocenters. The molecule has 0 bridgehead atoms. The van der Waals surface area contributed by atoms with Crippen LogP contribution in [0.5, 0.6) is 0 Å². The van der Waals surface area contributed by atoms with E-state index in [1.807, 2.05) is 20.8 Å². The van der Waals surface area contributed by atoms with Crippen LogP contribution in [0.1, 0.15) is 38.8 Å². The average Bonchev–Trinajstić information content (AvgIpc) is 2.56. The molecule has 1 heterocycles. The third kappa shape index (κ3) is 5.49. The molecule has 0 spiro atoms. The average molecular weight is 420 g/mol. The summed E-state index contributed by atoms with van der Waals surface area (Å²) in [5.74, 6) is -2.05. The van der Waals surface area contributed by atoms with Crippen LogP contribution < -0.4 is 0 Å². The zero-order chi connectivity index (χ0) is 20.4. The van der Waals surface area contributed by atoms with Gasteiger partial charge < -0.3 is 14.7 Å². The maximum Gasteiger partial charge on any atom is 0.306 e. The molecule has 3 atom stereocenters. The fourth-order valence-electron chi connectivity index (χ4n) is 2.76. The van der Waals surface area contributed by atoms with Crippen LogP contribution in [0, 0.1) is 5.82 Å². The van der Waals surface area contributed by atoms with Gasteiger partial charge in [0, 0.05) is 27.8 Å². The third-order valence-electron chi connectivity index (χ3n) is 4.28. The molecule has 150 valence electrons. The van der Waals surface area contributed by atoms with Crippen molar-refractivity contribution in [3.63, 3.8) is 0 Å². The molecule has 1 saturated heterocycles. The highest BCUT2D eigenvalue weighted by Gasteiger charge is 2.38. The maximum absolute atomic E-state index is 13.9. The molecule has 6 nitrogen and oxygen atoms in total. The standard InChI is InChI=1S/C18H23ClFNO5S/c1-18(2,3)27(25)7-6-21-14(11-4-5-12(19)13(20)8-11)10-26-15(17(21)24)9-16(22)23/h4-5,8,14-15H,6-7,9-10H2,1-3H3,(H,22,23). The molecule has 1 aliphatic heterocycles. The number of rotatable bonds is 6. The summed E-state index contributed by atoms with van der Waals surface area (Å²) in [6.07, 6.45) is -1.57. The van der Waals surface area contributed by atoms with Gasteiger partial charge in [-0.2, -0.15) is 0 Å². The van der Waals surface area contributed by atoms with E-state index in [4.69, 9.17) is 21.4 Å². The van der Waals surface area contributed by atoms with Gasteiger partial charge in [-0.05, 0) is 38.5 Å². The molecule has 0 aromatic heterocycles. The molecule has 1 aromatic carbocycles. The number of amides is 1. The van der Waals surface area contributed by atoms with E-state index in [0.29, 0.717) is 5.56 Å². The lowest BCUT2D eigenvalue weighted by molar-refractivity contribution is -0.165. The van der Waals surface area contributed by atoms with Crippen LogP contribution >= 0.6 is 11.6 Å². The second-order valence-corrected chi connectivity index (χ2v) is 10.0. The van der Waals surface area contributed by atoms with Gasteiger partial charge in [-0.1, -0.05) is 17.7 Å². The lowest BCUT2D eigenvalue weighted by Crippen LogP contribution is -2.51. The molecule has 1 fully saturated rings. The van der Waals surface area contributed by atoms with E-state index in [9.17, 15) is 18.2 Å². The summed E-state index contributed by atoms with van der Waals surface area (Å²) in [5.41, 5.74) is 0.487. The molecule has 27 heavy (non-hydrogen) atoms. The van der Waals surface area contributed by atoms with Crippen LogP contribution in [-0.4, -0.2) is 55.8 Å². The normalized spacial score (nSPS) is 22.0. The first-order valence-corrected chi connectivity index (χ1v) is 10.2. The van der Waals surface area contributed by atoms with Crippen molar-refractivity contribution < 1.29 is 28.0 Å².